The van der Waals surface area contributed by atoms with Crippen molar-refractivity contribution in [1.82, 2.24) is 4.98 Å². The summed E-state index contributed by atoms with van der Waals surface area (Å²) >= 11 is 0. The largest absolute Gasteiger partial charge is 0.396 e. The van der Waals surface area contributed by atoms with Crippen molar-refractivity contribution in [2.45, 2.75) is 57.8 Å². The second-order valence-corrected chi connectivity index (χ2v) is 11.3. The van der Waals surface area contributed by atoms with Gasteiger partial charge in [0.1, 0.15) is 14.1 Å². The zero-order chi connectivity index (χ0) is 13.7. The highest BCUT2D eigenvalue weighted by Gasteiger charge is 2.19. The SMILES string of the molecule is C[Si](C)(C)NC(=NC1CCCCC1)c1ccccc1. The van der Waals surface area contributed by atoms with Crippen LogP contribution in [0.15, 0.2) is 35.3 Å². The maximum Gasteiger partial charge on any atom is 0.145 e. The van der Waals surface area contributed by atoms with Gasteiger partial charge in [0.05, 0.1) is 6.04 Å². The predicted molar refractivity (Wildman–Crippen MR) is 86.3 cm³/mol. The second-order valence-electron chi connectivity index (χ2n) is 6.51. The van der Waals surface area contributed by atoms with Crippen LogP contribution in [0.3, 0.4) is 0 Å². The standard InChI is InChI=1S/C16H26N2Si/c1-19(2,3)18-16(14-10-6-4-7-11-14)17-15-12-8-5-9-13-15/h4,6-7,10-11,15H,5,8-9,12-13H2,1-3H3,(H,17,18). The minimum absolute atomic E-state index is 0.521. The number of benzene rings is 1. The lowest BCUT2D eigenvalue weighted by molar-refractivity contribution is 0.443. The van der Waals surface area contributed by atoms with E-state index in [4.69, 9.17) is 4.99 Å². The predicted octanol–water partition coefficient (Wildman–Crippen LogP) is 4.19. The molecule has 0 heterocycles. The third-order valence-electron chi connectivity index (χ3n) is 3.43. The molecule has 3 heteroatoms. The van der Waals surface area contributed by atoms with E-state index in [9.17, 15) is 0 Å². The van der Waals surface area contributed by atoms with Gasteiger partial charge in [-0.15, -0.1) is 0 Å². The number of amidine groups is 1. The van der Waals surface area contributed by atoms with Crippen LogP contribution in [0.25, 0.3) is 0 Å². The molecule has 0 spiro atoms. The highest BCUT2D eigenvalue weighted by Crippen LogP contribution is 2.21. The van der Waals surface area contributed by atoms with Gasteiger partial charge in [0.15, 0.2) is 0 Å². The van der Waals surface area contributed by atoms with E-state index in [-0.39, 0.29) is 0 Å². The van der Waals surface area contributed by atoms with Crippen LogP contribution >= 0.6 is 0 Å². The summed E-state index contributed by atoms with van der Waals surface area (Å²) in [7, 11) is -1.37. The molecule has 1 fully saturated rings. The third kappa shape index (κ3) is 4.82. The van der Waals surface area contributed by atoms with Gasteiger partial charge >= 0.3 is 0 Å². The fourth-order valence-electron chi connectivity index (χ4n) is 2.52. The van der Waals surface area contributed by atoms with Crippen LogP contribution in [-0.2, 0) is 0 Å². The van der Waals surface area contributed by atoms with Gasteiger partial charge in [-0.25, -0.2) is 0 Å². The van der Waals surface area contributed by atoms with Crippen LogP contribution in [0.2, 0.25) is 19.6 Å². The van der Waals surface area contributed by atoms with Crippen molar-refractivity contribution in [3.05, 3.63) is 35.9 Å². The lowest BCUT2D eigenvalue weighted by Gasteiger charge is -2.25. The summed E-state index contributed by atoms with van der Waals surface area (Å²) < 4.78 is 0. The van der Waals surface area contributed by atoms with Crippen molar-refractivity contribution in [3.8, 4) is 0 Å². The second kappa shape index (κ2) is 6.37. The lowest BCUT2D eigenvalue weighted by atomic mass is 9.96. The topological polar surface area (TPSA) is 24.4 Å². The molecule has 2 rings (SSSR count). The Balaban J connectivity index is 2.20. The third-order valence-corrected chi connectivity index (χ3v) is 4.41. The van der Waals surface area contributed by atoms with Crippen molar-refractivity contribution < 1.29 is 0 Å². The number of nitrogens with zero attached hydrogens (tertiary/aromatic N) is 1. The normalized spacial score (nSPS) is 18.4. The fraction of sp³-hybridized carbons (Fsp3) is 0.562. The van der Waals surface area contributed by atoms with Gasteiger partial charge in [0.2, 0.25) is 0 Å². The summed E-state index contributed by atoms with van der Waals surface area (Å²) in [6.45, 7) is 6.98. The molecule has 1 aromatic carbocycles. The van der Waals surface area contributed by atoms with Crippen molar-refractivity contribution in [2.75, 3.05) is 0 Å². The van der Waals surface area contributed by atoms with Gasteiger partial charge in [-0.05, 0) is 12.8 Å². The minimum Gasteiger partial charge on any atom is -0.396 e. The Morgan fingerprint density at radius 3 is 2.26 bits per heavy atom. The summed E-state index contributed by atoms with van der Waals surface area (Å²) in [6, 6.07) is 11.1. The van der Waals surface area contributed by atoms with Crippen LogP contribution in [0.1, 0.15) is 37.7 Å². The Labute approximate surface area is 118 Å². The summed E-state index contributed by atoms with van der Waals surface area (Å²) in [5.74, 6) is 1.12. The Hall–Kier alpha value is -1.09. The highest BCUT2D eigenvalue weighted by atomic mass is 28.3. The average molecular weight is 274 g/mol. The first kappa shape index (κ1) is 14.3. The molecule has 0 bridgehead atoms. The molecular weight excluding hydrogens is 248 g/mol. The van der Waals surface area contributed by atoms with E-state index in [0.717, 1.165) is 5.84 Å². The van der Waals surface area contributed by atoms with Crippen LogP contribution in [0, 0.1) is 0 Å². The van der Waals surface area contributed by atoms with Gasteiger partial charge in [-0.1, -0.05) is 69.2 Å². The molecule has 19 heavy (non-hydrogen) atoms. The average Bonchev–Trinajstić information content (AvgIpc) is 2.39. The minimum atomic E-state index is -1.37. The van der Waals surface area contributed by atoms with Crippen LogP contribution in [0.4, 0.5) is 0 Å². The van der Waals surface area contributed by atoms with Gasteiger partial charge in [0, 0.05) is 5.56 Å². The molecule has 0 saturated heterocycles. The van der Waals surface area contributed by atoms with E-state index in [1.807, 2.05) is 0 Å². The van der Waals surface area contributed by atoms with Gasteiger partial charge < -0.3 is 4.98 Å². The Morgan fingerprint density at radius 1 is 1.05 bits per heavy atom. The van der Waals surface area contributed by atoms with Gasteiger partial charge in [-0.3, -0.25) is 4.99 Å². The molecular formula is C16H26N2Si. The van der Waals surface area contributed by atoms with E-state index in [2.05, 4.69) is 55.0 Å². The van der Waals surface area contributed by atoms with Crippen molar-refractivity contribution in [3.63, 3.8) is 0 Å². The summed E-state index contributed by atoms with van der Waals surface area (Å²) in [5.41, 5.74) is 1.23. The zero-order valence-corrected chi connectivity index (χ0v) is 13.4. The summed E-state index contributed by atoms with van der Waals surface area (Å²) in [6.07, 6.45) is 6.56. The van der Waals surface area contributed by atoms with E-state index >= 15 is 0 Å². The van der Waals surface area contributed by atoms with Crippen molar-refractivity contribution >= 4 is 14.1 Å². The number of aliphatic imine (C=N–C) groups is 1. The molecule has 1 N–H and O–H groups in total. The van der Waals surface area contributed by atoms with E-state index in [1.54, 1.807) is 0 Å². The molecule has 1 aliphatic rings. The van der Waals surface area contributed by atoms with Gasteiger partial charge in [-0.2, -0.15) is 0 Å². The maximum atomic E-state index is 5.03. The van der Waals surface area contributed by atoms with Crippen LogP contribution < -0.4 is 4.98 Å². The molecule has 0 unspecified atom stereocenters. The quantitative estimate of drug-likeness (QED) is 0.499. The van der Waals surface area contributed by atoms with E-state index in [0.29, 0.717) is 6.04 Å². The fourth-order valence-corrected chi connectivity index (χ4v) is 3.44. The number of rotatable bonds is 3. The number of hydrogen-bond acceptors (Lipinski definition) is 1. The Kier molecular flexibility index (Phi) is 4.80. The first-order valence-electron chi connectivity index (χ1n) is 7.46. The number of nitrogens with one attached hydrogen (secondary N) is 1. The van der Waals surface area contributed by atoms with Crippen LogP contribution in [-0.4, -0.2) is 20.1 Å². The van der Waals surface area contributed by atoms with Crippen LogP contribution in [0.5, 0.6) is 0 Å². The molecule has 0 aromatic heterocycles. The summed E-state index contributed by atoms with van der Waals surface area (Å²) in [5, 5.41) is 0. The van der Waals surface area contributed by atoms with E-state index < -0.39 is 8.24 Å². The first-order chi connectivity index (χ1) is 9.04. The Morgan fingerprint density at radius 2 is 1.68 bits per heavy atom. The van der Waals surface area contributed by atoms with Crippen molar-refractivity contribution in [1.29, 1.82) is 0 Å². The Bertz CT molecular complexity index is 414. The molecule has 0 amide bonds. The molecule has 104 valence electrons. The smallest absolute Gasteiger partial charge is 0.145 e. The zero-order valence-electron chi connectivity index (χ0n) is 12.4. The van der Waals surface area contributed by atoms with E-state index in [1.165, 1.54) is 37.7 Å². The number of hydrogen-bond donors (Lipinski definition) is 1. The molecule has 2 nitrogen and oxygen atoms in total. The maximum absolute atomic E-state index is 5.03. The molecule has 1 aliphatic carbocycles. The first-order valence-corrected chi connectivity index (χ1v) is 11.0. The van der Waals surface area contributed by atoms with Crippen molar-refractivity contribution in [2.24, 2.45) is 4.99 Å². The van der Waals surface area contributed by atoms with Gasteiger partial charge in [0.25, 0.3) is 0 Å². The molecule has 1 aromatic rings. The summed E-state index contributed by atoms with van der Waals surface area (Å²) in [4.78, 5) is 8.74. The molecule has 0 radical (unpaired) electrons. The lowest BCUT2D eigenvalue weighted by Crippen LogP contribution is -2.46. The highest BCUT2D eigenvalue weighted by molar-refractivity contribution is 6.76. The molecule has 1 saturated carbocycles. The molecule has 0 atom stereocenters. The monoisotopic (exact) mass is 274 g/mol. The molecule has 0 aliphatic heterocycles.